The maximum absolute atomic E-state index is 13.0. The van der Waals surface area contributed by atoms with Crippen molar-refractivity contribution in [2.75, 3.05) is 0 Å². The summed E-state index contributed by atoms with van der Waals surface area (Å²) < 4.78 is 25.9. The average molecular weight is 343 g/mol. The van der Waals surface area contributed by atoms with E-state index in [0.29, 0.717) is 5.56 Å². The molecule has 0 aliphatic carbocycles. The molecule has 0 saturated carbocycles. The van der Waals surface area contributed by atoms with Crippen LogP contribution in [0.15, 0.2) is 42.5 Å². The minimum Gasteiger partial charge on any atom is -0.207 e. The molecular formula is C20H29ClF2. The van der Waals surface area contributed by atoms with Crippen LogP contribution < -0.4 is 0 Å². The second kappa shape index (κ2) is 14.2. The van der Waals surface area contributed by atoms with Crippen LogP contribution in [0.1, 0.15) is 58.6 Å². The Kier molecular flexibility index (Phi) is 14.7. The molecule has 0 spiro atoms. The molecule has 0 saturated heterocycles. The van der Waals surface area contributed by atoms with E-state index >= 15 is 0 Å². The maximum atomic E-state index is 13.0. The van der Waals surface area contributed by atoms with Crippen LogP contribution in [-0.2, 0) is 0 Å². The van der Waals surface area contributed by atoms with E-state index in [-0.39, 0.29) is 10.9 Å². The second-order valence-electron chi connectivity index (χ2n) is 4.60. The fourth-order valence-corrected chi connectivity index (χ4v) is 1.67. The Bertz CT molecular complexity index is 523. The van der Waals surface area contributed by atoms with Crippen molar-refractivity contribution in [1.29, 1.82) is 0 Å². The lowest BCUT2D eigenvalue weighted by Gasteiger charge is -2.07. The number of rotatable bonds is 1. The standard InChI is InChI=1S/C9H9ClF2.C7H8.2C2H6/c1-5(2)6-3-9(12)7(10)4-8(6)11;1-7-5-3-2-4-6-7;2*1-2/h3-5H,1-2H3;2-6H,1H3;2*1-2H3. The van der Waals surface area contributed by atoms with Crippen LogP contribution >= 0.6 is 11.6 Å². The topological polar surface area (TPSA) is 0 Å². The minimum atomic E-state index is -0.568. The van der Waals surface area contributed by atoms with E-state index < -0.39 is 11.6 Å². The van der Waals surface area contributed by atoms with Crippen molar-refractivity contribution in [3.8, 4) is 0 Å². The number of hydrogen-bond donors (Lipinski definition) is 0. The lowest BCUT2D eigenvalue weighted by atomic mass is 10.0. The molecule has 0 aliphatic heterocycles. The first kappa shape index (κ1) is 23.9. The van der Waals surface area contributed by atoms with Crippen LogP contribution in [0.2, 0.25) is 5.02 Å². The third-order valence-corrected chi connectivity index (χ3v) is 2.89. The zero-order valence-corrected chi connectivity index (χ0v) is 16.0. The number of aryl methyl sites for hydroxylation is 1. The van der Waals surface area contributed by atoms with Crippen molar-refractivity contribution in [3.05, 3.63) is 70.2 Å². The molecule has 0 fully saturated rings. The molecule has 0 atom stereocenters. The Labute approximate surface area is 145 Å². The fraction of sp³-hybridized carbons (Fsp3) is 0.400. The van der Waals surface area contributed by atoms with Gasteiger partial charge in [-0.3, -0.25) is 0 Å². The average Bonchev–Trinajstić information content (AvgIpc) is 2.56. The first-order chi connectivity index (χ1) is 10.9. The van der Waals surface area contributed by atoms with E-state index in [0.717, 1.165) is 12.1 Å². The molecule has 2 aromatic rings. The Hall–Kier alpha value is -1.41. The van der Waals surface area contributed by atoms with E-state index in [1.165, 1.54) is 5.56 Å². The normalized spacial score (nSPS) is 8.83. The van der Waals surface area contributed by atoms with Crippen LogP contribution in [-0.4, -0.2) is 0 Å². The van der Waals surface area contributed by atoms with Gasteiger partial charge in [-0.05, 0) is 30.5 Å². The zero-order chi connectivity index (χ0) is 18.4. The SMILES string of the molecule is CC.CC.CC(C)c1cc(F)c(Cl)cc1F.Cc1ccccc1. The fourth-order valence-electron chi connectivity index (χ4n) is 1.51. The molecule has 0 amide bonds. The first-order valence-corrected chi connectivity index (χ1v) is 8.45. The van der Waals surface area contributed by atoms with Gasteiger partial charge in [0.15, 0.2) is 0 Å². The molecule has 2 aromatic carbocycles. The quantitative estimate of drug-likeness (QED) is 0.464. The molecule has 3 heteroatoms. The predicted molar refractivity (Wildman–Crippen MR) is 99.3 cm³/mol. The van der Waals surface area contributed by atoms with Gasteiger partial charge in [-0.25, -0.2) is 8.78 Å². The lowest BCUT2D eigenvalue weighted by Crippen LogP contribution is -1.94. The van der Waals surface area contributed by atoms with Gasteiger partial charge in [0.1, 0.15) is 11.6 Å². The molecule has 0 aliphatic rings. The molecule has 0 radical (unpaired) electrons. The van der Waals surface area contributed by atoms with E-state index in [2.05, 4.69) is 19.1 Å². The van der Waals surface area contributed by atoms with Gasteiger partial charge in [0.2, 0.25) is 0 Å². The molecule has 2 rings (SSSR count). The van der Waals surface area contributed by atoms with Gasteiger partial charge in [0.05, 0.1) is 5.02 Å². The van der Waals surface area contributed by atoms with Crippen molar-refractivity contribution in [2.45, 2.75) is 54.4 Å². The minimum absolute atomic E-state index is 0.0308. The summed E-state index contributed by atoms with van der Waals surface area (Å²) in [4.78, 5) is 0. The molecule has 0 N–H and O–H groups in total. The second-order valence-corrected chi connectivity index (χ2v) is 5.00. The molecule has 130 valence electrons. The van der Waals surface area contributed by atoms with Crippen molar-refractivity contribution in [2.24, 2.45) is 0 Å². The number of hydrogen-bond acceptors (Lipinski definition) is 0. The van der Waals surface area contributed by atoms with E-state index in [1.54, 1.807) is 13.8 Å². The largest absolute Gasteiger partial charge is 0.207 e. The smallest absolute Gasteiger partial charge is 0.142 e. The highest BCUT2D eigenvalue weighted by molar-refractivity contribution is 6.30. The van der Waals surface area contributed by atoms with Crippen molar-refractivity contribution < 1.29 is 8.78 Å². The summed E-state index contributed by atoms with van der Waals surface area (Å²) in [7, 11) is 0. The van der Waals surface area contributed by atoms with Gasteiger partial charge >= 0.3 is 0 Å². The molecule has 0 nitrogen and oxygen atoms in total. The Morgan fingerprint density at radius 2 is 1.30 bits per heavy atom. The molecule has 0 heterocycles. The van der Waals surface area contributed by atoms with Crippen LogP contribution in [0, 0.1) is 18.6 Å². The summed E-state index contributed by atoms with van der Waals surface area (Å²) in [5, 5.41) is -0.170. The van der Waals surface area contributed by atoms with E-state index in [4.69, 9.17) is 11.6 Å². The summed E-state index contributed by atoms with van der Waals surface area (Å²) in [6, 6.07) is 12.4. The maximum Gasteiger partial charge on any atom is 0.142 e. The molecular weight excluding hydrogens is 314 g/mol. The van der Waals surface area contributed by atoms with Crippen LogP contribution in [0.4, 0.5) is 8.78 Å². The van der Waals surface area contributed by atoms with Gasteiger partial charge in [-0.1, -0.05) is 89.0 Å². The Balaban J connectivity index is 0. The summed E-state index contributed by atoms with van der Waals surface area (Å²) >= 11 is 5.38. The third kappa shape index (κ3) is 10.1. The third-order valence-electron chi connectivity index (χ3n) is 2.60. The molecule has 23 heavy (non-hydrogen) atoms. The van der Waals surface area contributed by atoms with Crippen LogP contribution in [0.5, 0.6) is 0 Å². The van der Waals surface area contributed by atoms with Crippen molar-refractivity contribution >= 4 is 11.6 Å². The highest BCUT2D eigenvalue weighted by Gasteiger charge is 2.10. The van der Waals surface area contributed by atoms with Crippen molar-refractivity contribution in [1.82, 2.24) is 0 Å². The molecule has 0 aromatic heterocycles. The number of halogens is 3. The van der Waals surface area contributed by atoms with Gasteiger partial charge in [-0.15, -0.1) is 0 Å². The molecule has 0 unspecified atom stereocenters. The van der Waals surface area contributed by atoms with Gasteiger partial charge < -0.3 is 0 Å². The predicted octanol–water partition coefficient (Wildman–Crippen LogP) is 7.79. The monoisotopic (exact) mass is 342 g/mol. The Morgan fingerprint density at radius 1 is 0.826 bits per heavy atom. The molecule has 0 bridgehead atoms. The number of benzene rings is 2. The zero-order valence-electron chi connectivity index (χ0n) is 15.3. The Morgan fingerprint density at radius 3 is 1.65 bits per heavy atom. The van der Waals surface area contributed by atoms with Crippen molar-refractivity contribution in [3.63, 3.8) is 0 Å². The van der Waals surface area contributed by atoms with Gasteiger partial charge in [0.25, 0.3) is 0 Å². The highest BCUT2D eigenvalue weighted by Crippen LogP contribution is 2.24. The first-order valence-electron chi connectivity index (χ1n) is 8.08. The van der Waals surface area contributed by atoms with Crippen LogP contribution in [0.25, 0.3) is 0 Å². The van der Waals surface area contributed by atoms with Crippen LogP contribution in [0.3, 0.4) is 0 Å². The highest BCUT2D eigenvalue weighted by atomic mass is 35.5. The summed E-state index contributed by atoms with van der Waals surface area (Å²) in [6.45, 7) is 13.7. The lowest BCUT2D eigenvalue weighted by molar-refractivity contribution is 0.576. The van der Waals surface area contributed by atoms with E-state index in [1.807, 2.05) is 45.9 Å². The summed E-state index contributed by atoms with van der Waals surface area (Å²) in [5.74, 6) is -1.05. The summed E-state index contributed by atoms with van der Waals surface area (Å²) in [6.07, 6.45) is 0. The van der Waals surface area contributed by atoms with E-state index in [9.17, 15) is 8.78 Å². The van der Waals surface area contributed by atoms with Gasteiger partial charge in [0, 0.05) is 0 Å². The van der Waals surface area contributed by atoms with Gasteiger partial charge in [-0.2, -0.15) is 0 Å². The summed E-state index contributed by atoms with van der Waals surface area (Å²) in [5.41, 5.74) is 1.68.